The summed E-state index contributed by atoms with van der Waals surface area (Å²) in [5.74, 6) is 0.796. The number of hydrogen-bond donors (Lipinski definition) is 2. The number of ether oxygens (including phenoxy) is 1. The summed E-state index contributed by atoms with van der Waals surface area (Å²) in [5, 5.41) is 9.30. The van der Waals surface area contributed by atoms with Gasteiger partial charge in [-0.15, -0.1) is 5.10 Å². The third kappa shape index (κ3) is 3.28. The number of carbonyl (C=O) groups is 2. The predicted molar refractivity (Wildman–Crippen MR) is 61.9 cm³/mol. The predicted octanol–water partition coefficient (Wildman–Crippen LogP) is 0.365. The number of amides is 1. The van der Waals surface area contributed by atoms with Gasteiger partial charge in [0, 0.05) is 18.9 Å². The number of carbonyl (C=O) groups excluding carboxylic acids is 2. The molecule has 1 amide bonds. The van der Waals surface area contributed by atoms with E-state index in [1.54, 1.807) is 0 Å². The third-order valence-corrected chi connectivity index (χ3v) is 2.74. The zero-order valence-electron chi connectivity index (χ0n) is 10.2. The number of aromatic nitrogens is 3. The van der Waals surface area contributed by atoms with E-state index in [9.17, 15) is 9.59 Å². The van der Waals surface area contributed by atoms with Gasteiger partial charge in [0.15, 0.2) is 0 Å². The minimum absolute atomic E-state index is 0.162. The van der Waals surface area contributed by atoms with Gasteiger partial charge in [0.1, 0.15) is 5.82 Å². The van der Waals surface area contributed by atoms with Crippen LogP contribution in [-0.4, -0.2) is 40.7 Å². The molecule has 0 saturated heterocycles. The van der Waals surface area contributed by atoms with E-state index in [0.717, 1.165) is 18.7 Å². The lowest BCUT2D eigenvalue weighted by Gasteiger charge is -2.01. The lowest BCUT2D eigenvalue weighted by Crippen LogP contribution is -2.26. The Labute approximate surface area is 104 Å². The molecule has 1 heterocycles. The number of nitrogens with zero attached hydrogens (tertiary/aromatic N) is 2. The Hall–Kier alpha value is -1.92. The Morgan fingerprint density at radius 1 is 1.50 bits per heavy atom. The number of rotatable bonds is 6. The van der Waals surface area contributed by atoms with Crippen molar-refractivity contribution in [1.29, 1.82) is 0 Å². The summed E-state index contributed by atoms with van der Waals surface area (Å²) in [5.41, 5.74) is 0. The van der Waals surface area contributed by atoms with E-state index >= 15 is 0 Å². The molecule has 2 N–H and O–H groups in total. The minimum atomic E-state index is -0.317. The van der Waals surface area contributed by atoms with Crippen molar-refractivity contribution < 1.29 is 14.3 Å². The van der Waals surface area contributed by atoms with Gasteiger partial charge in [-0.3, -0.25) is 14.7 Å². The van der Waals surface area contributed by atoms with Crippen molar-refractivity contribution >= 4 is 11.9 Å². The van der Waals surface area contributed by atoms with Gasteiger partial charge >= 0.3 is 5.97 Å². The summed E-state index contributed by atoms with van der Waals surface area (Å²) in [7, 11) is 1.34. The fourth-order valence-electron chi connectivity index (χ4n) is 1.53. The molecule has 98 valence electrons. The van der Waals surface area contributed by atoms with Crippen LogP contribution in [0, 0.1) is 0 Å². The first-order valence-electron chi connectivity index (χ1n) is 5.98. The van der Waals surface area contributed by atoms with Crippen molar-refractivity contribution in [2.45, 2.75) is 31.6 Å². The van der Waals surface area contributed by atoms with Crippen LogP contribution in [-0.2, 0) is 9.53 Å². The third-order valence-electron chi connectivity index (χ3n) is 2.74. The summed E-state index contributed by atoms with van der Waals surface area (Å²) in [6.45, 7) is 0.404. The molecular formula is C11H16N4O3. The molecule has 0 aliphatic heterocycles. The average molecular weight is 252 g/mol. The lowest BCUT2D eigenvalue weighted by atomic mass is 10.3. The highest BCUT2D eigenvalue weighted by atomic mass is 16.5. The molecule has 18 heavy (non-hydrogen) atoms. The first kappa shape index (κ1) is 12.5. The van der Waals surface area contributed by atoms with Crippen molar-refractivity contribution in [2.24, 2.45) is 0 Å². The molecule has 1 fully saturated rings. The van der Waals surface area contributed by atoms with Crippen LogP contribution in [0.1, 0.15) is 48.0 Å². The monoisotopic (exact) mass is 252 g/mol. The molecule has 7 heteroatoms. The number of hydrogen-bond acceptors (Lipinski definition) is 5. The fourth-order valence-corrected chi connectivity index (χ4v) is 1.53. The molecule has 0 unspecified atom stereocenters. The lowest BCUT2D eigenvalue weighted by molar-refractivity contribution is -0.140. The Morgan fingerprint density at radius 3 is 2.94 bits per heavy atom. The molecule has 0 radical (unpaired) electrons. The Balaban J connectivity index is 1.71. The van der Waals surface area contributed by atoms with E-state index in [0.29, 0.717) is 18.9 Å². The second-order valence-corrected chi connectivity index (χ2v) is 4.25. The molecule has 0 aromatic carbocycles. The fraction of sp³-hybridized carbons (Fsp3) is 0.636. The largest absolute Gasteiger partial charge is 0.469 e. The van der Waals surface area contributed by atoms with Crippen LogP contribution in [0.2, 0.25) is 0 Å². The summed E-state index contributed by atoms with van der Waals surface area (Å²) < 4.78 is 4.50. The van der Waals surface area contributed by atoms with E-state index in [1.165, 1.54) is 7.11 Å². The molecule has 1 aromatic rings. The number of esters is 1. The molecule has 1 aliphatic rings. The van der Waals surface area contributed by atoms with Crippen LogP contribution in [0.25, 0.3) is 0 Å². The molecule has 1 saturated carbocycles. The van der Waals surface area contributed by atoms with Crippen LogP contribution < -0.4 is 5.32 Å². The number of aromatic amines is 1. The highest BCUT2D eigenvalue weighted by Crippen LogP contribution is 2.37. The summed E-state index contributed by atoms with van der Waals surface area (Å²) in [6.07, 6.45) is 3.04. The van der Waals surface area contributed by atoms with Gasteiger partial charge < -0.3 is 10.1 Å². The average Bonchev–Trinajstić information content (AvgIpc) is 3.11. The zero-order valence-corrected chi connectivity index (χ0v) is 10.2. The van der Waals surface area contributed by atoms with Gasteiger partial charge in [0.05, 0.1) is 7.11 Å². The van der Waals surface area contributed by atoms with Gasteiger partial charge in [-0.05, 0) is 19.3 Å². The quantitative estimate of drug-likeness (QED) is 0.563. The molecule has 0 spiro atoms. The minimum Gasteiger partial charge on any atom is -0.469 e. The molecule has 1 aromatic heterocycles. The maximum Gasteiger partial charge on any atom is 0.305 e. The van der Waals surface area contributed by atoms with Gasteiger partial charge in [-0.25, -0.2) is 4.98 Å². The van der Waals surface area contributed by atoms with E-state index < -0.39 is 0 Å². The standard InChI is InChI=1S/C11H16N4O3/c1-18-8(16)3-2-6-12-11(17)10-13-9(14-15-10)7-4-5-7/h7H,2-6H2,1H3,(H,12,17)(H,13,14,15). The van der Waals surface area contributed by atoms with E-state index in [2.05, 4.69) is 25.2 Å². The second-order valence-electron chi connectivity index (χ2n) is 4.25. The van der Waals surface area contributed by atoms with Gasteiger partial charge in [-0.2, -0.15) is 0 Å². The maximum atomic E-state index is 11.6. The van der Waals surface area contributed by atoms with Crippen LogP contribution in [0.3, 0.4) is 0 Å². The van der Waals surface area contributed by atoms with Crippen LogP contribution in [0.4, 0.5) is 0 Å². The molecule has 0 bridgehead atoms. The summed E-state index contributed by atoms with van der Waals surface area (Å²) in [6, 6.07) is 0. The van der Waals surface area contributed by atoms with Crippen LogP contribution in [0.15, 0.2) is 0 Å². The number of H-pyrrole nitrogens is 1. The summed E-state index contributed by atoms with van der Waals surface area (Å²) >= 11 is 0. The molecule has 7 nitrogen and oxygen atoms in total. The molecular weight excluding hydrogens is 236 g/mol. The normalized spacial score (nSPS) is 14.3. The van der Waals surface area contributed by atoms with Crippen LogP contribution in [0.5, 0.6) is 0 Å². The Bertz CT molecular complexity index is 439. The number of methoxy groups -OCH3 is 1. The second kappa shape index (κ2) is 5.61. The summed E-state index contributed by atoms with van der Waals surface area (Å²) in [4.78, 5) is 26.6. The van der Waals surface area contributed by atoms with Crippen molar-refractivity contribution in [3.05, 3.63) is 11.6 Å². The van der Waals surface area contributed by atoms with Crippen LogP contribution >= 0.6 is 0 Å². The molecule has 2 rings (SSSR count). The number of nitrogens with one attached hydrogen (secondary N) is 2. The van der Waals surface area contributed by atoms with E-state index in [4.69, 9.17) is 0 Å². The van der Waals surface area contributed by atoms with Crippen molar-refractivity contribution in [1.82, 2.24) is 20.5 Å². The highest BCUT2D eigenvalue weighted by Gasteiger charge is 2.28. The smallest absolute Gasteiger partial charge is 0.305 e. The Kier molecular flexibility index (Phi) is 3.91. The Morgan fingerprint density at radius 2 is 2.28 bits per heavy atom. The van der Waals surface area contributed by atoms with Crippen molar-refractivity contribution in [2.75, 3.05) is 13.7 Å². The highest BCUT2D eigenvalue weighted by molar-refractivity contribution is 5.90. The first-order valence-corrected chi connectivity index (χ1v) is 5.98. The molecule has 1 aliphatic carbocycles. The van der Waals surface area contributed by atoms with Gasteiger partial charge in [0.2, 0.25) is 5.82 Å². The van der Waals surface area contributed by atoms with Crippen molar-refractivity contribution in [3.8, 4) is 0 Å². The van der Waals surface area contributed by atoms with Gasteiger partial charge in [0.25, 0.3) is 5.91 Å². The van der Waals surface area contributed by atoms with Crippen molar-refractivity contribution in [3.63, 3.8) is 0 Å². The molecule has 0 atom stereocenters. The SMILES string of the molecule is COC(=O)CCCNC(=O)c1n[nH]c(C2CC2)n1. The first-order chi connectivity index (χ1) is 8.70. The van der Waals surface area contributed by atoms with E-state index in [-0.39, 0.29) is 24.1 Å². The maximum absolute atomic E-state index is 11.6. The van der Waals surface area contributed by atoms with Gasteiger partial charge in [-0.1, -0.05) is 0 Å². The topological polar surface area (TPSA) is 97.0 Å². The zero-order chi connectivity index (χ0) is 13.0. The van der Waals surface area contributed by atoms with E-state index in [1.807, 2.05) is 0 Å².